The van der Waals surface area contributed by atoms with Crippen LogP contribution in [0.2, 0.25) is 0 Å². The predicted molar refractivity (Wildman–Crippen MR) is 134 cm³/mol. The van der Waals surface area contributed by atoms with Crippen LogP contribution >= 0.6 is 0 Å². The molecule has 6 heteroatoms. The summed E-state index contributed by atoms with van der Waals surface area (Å²) in [5.41, 5.74) is 5.00. The molecule has 176 valence electrons. The van der Waals surface area contributed by atoms with E-state index in [1.54, 1.807) is 0 Å². The summed E-state index contributed by atoms with van der Waals surface area (Å²) in [6.07, 6.45) is 4.80. The Kier molecular flexibility index (Phi) is 6.44. The molecule has 0 bridgehead atoms. The Morgan fingerprint density at radius 2 is 1.60 bits per heavy atom. The normalized spacial score (nSPS) is 11.1. The molecule has 0 radical (unpaired) electrons. The van der Waals surface area contributed by atoms with Crippen LogP contribution in [0.5, 0.6) is 5.88 Å². The molecule has 0 aliphatic carbocycles. The van der Waals surface area contributed by atoms with Gasteiger partial charge in [0.1, 0.15) is 17.2 Å². The lowest BCUT2D eigenvalue weighted by atomic mass is 10.1. The fourth-order valence-corrected chi connectivity index (χ4v) is 4.21. The van der Waals surface area contributed by atoms with Crippen molar-refractivity contribution in [3.63, 3.8) is 0 Å². The maximum absolute atomic E-state index is 12.1. The van der Waals surface area contributed by atoms with Crippen molar-refractivity contribution < 1.29 is 13.9 Å². The number of furan rings is 1. The molecule has 0 saturated heterocycles. The van der Waals surface area contributed by atoms with Crippen LogP contribution < -0.4 is 4.74 Å². The van der Waals surface area contributed by atoms with Gasteiger partial charge in [0.05, 0.1) is 17.8 Å². The Morgan fingerprint density at radius 1 is 0.886 bits per heavy atom. The molecular weight excluding hydrogens is 438 g/mol. The summed E-state index contributed by atoms with van der Waals surface area (Å²) in [4.78, 5) is 22.0. The summed E-state index contributed by atoms with van der Waals surface area (Å²) < 4.78 is 13.6. The molecule has 5 aromatic rings. The van der Waals surface area contributed by atoms with Crippen molar-refractivity contribution >= 4 is 11.6 Å². The van der Waals surface area contributed by atoms with Gasteiger partial charge in [-0.05, 0) is 24.1 Å². The van der Waals surface area contributed by atoms with Crippen molar-refractivity contribution in [3.05, 3.63) is 107 Å². The van der Waals surface area contributed by atoms with E-state index in [4.69, 9.17) is 19.1 Å². The number of imidazole rings is 1. The highest BCUT2D eigenvalue weighted by Gasteiger charge is 2.21. The molecule has 2 aromatic carbocycles. The number of aromatic nitrogens is 3. The van der Waals surface area contributed by atoms with Crippen LogP contribution in [0.3, 0.4) is 0 Å². The van der Waals surface area contributed by atoms with Crippen molar-refractivity contribution in [1.82, 2.24) is 14.4 Å². The molecule has 0 amide bonds. The quantitative estimate of drug-likeness (QED) is 0.261. The Morgan fingerprint density at radius 3 is 2.31 bits per heavy atom. The van der Waals surface area contributed by atoms with E-state index in [0.717, 1.165) is 46.9 Å². The van der Waals surface area contributed by atoms with E-state index in [0.29, 0.717) is 30.1 Å². The van der Waals surface area contributed by atoms with Crippen LogP contribution in [-0.4, -0.2) is 20.3 Å². The number of benzene rings is 2. The Bertz CT molecular complexity index is 1450. The lowest BCUT2D eigenvalue weighted by Crippen LogP contribution is -2.07. The first kappa shape index (κ1) is 22.6. The van der Waals surface area contributed by atoms with Crippen molar-refractivity contribution in [3.8, 4) is 17.1 Å². The number of carbonyl (C=O) groups is 1. The molecular formula is C29H27N3O3. The highest BCUT2D eigenvalue weighted by Crippen LogP contribution is 2.29. The molecule has 0 spiro atoms. The van der Waals surface area contributed by atoms with Crippen LogP contribution in [0.4, 0.5) is 0 Å². The van der Waals surface area contributed by atoms with E-state index in [1.807, 2.05) is 71.3 Å². The van der Waals surface area contributed by atoms with Gasteiger partial charge in [-0.25, -0.2) is 9.97 Å². The van der Waals surface area contributed by atoms with E-state index in [2.05, 4.69) is 19.1 Å². The summed E-state index contributed by atoms with van der Waals surface area (Å²) in [5.74, 6) is 1.72. The average Bonchev–Trinajstić information content (AvgIpc) is 3.45. The number of fused-ring (bicyclic) bond motifs is 1. The monoisotopic (exact) mass is 465 g/mol. The predicted octanol–water partition coefficient (Wildman–Crippen LogP) is 6.05. The van der Waals surface area contributed by atoms with Gasteiger partial charge in [-0.1, -0.05) is 67.6 Å². The van der Waals surface area contributed by atoms with Crippen molar-refractivity contribution in [1.29, 1.82) is 0 Å². The van der Waals surface area contributed by atoms with Crippen LogP contribution in [0.15, 0.2) is 83.4 Å². The first-order valence-electron chi connectivity index (χ1n) is 11.9. The van der Waals surface area contributed by atoms with Crippen LogP contribution in [0.1, 0.15) is 48.7 Å². The maximum atomic E-state index is 12.1. The number of hydrogen-bond donors (Lipinski definition) is 0. The number of aryl methyl sites for hydroxylation is 1. The first-order chi connectivity index (χ1) is 17.1. The summed E-state index contributed by atoms with van der Waals surface area (Å²) in [6.45, 7) is 3.52. The smallest absolute Gasteiger partial charge is 0.309 e. The number of nitrogens with zero attached hydrogens (tertiary/aromatic N) is 3. The molecule has 0 N–H and O–H groups in total. The van der Waals surface area contributed by atoms with Crippen LogP contribution in [0.25, 0.3) is 16.9 Å². The molecule has 3 heterocycles. The van der Waals surface area contributed by atoms with Gasteiger partial charge in [-0.15, -0.1) is 0 Å². The second kappa shape index (κ2) is 9.97. The highest BCUT2D eigenvalue weighted by molar-refractivity contribution is 5.70. The fourth-order valence-electron chi connectivity index (χ4n) is 4.21. The Balaban J connectivity index is 1.66. The topological polar surface area (TPSA) is 69.6 Å². The van der Waals surface area contributed by atoms with Crippen LogP contribution in [0, 0.1) is 0 Å². The summed E-state index contributed by atoms with van der Waals surface area (Å²) in [5, 5.41) is 0. The number of ether oxygens (including phenoxy) is 1. The fraction of sp³-hybridized carbons (Fsp3) is 0.207. The van der Waals surface area contributed by atoms with Gasteiger partial charge in [0, 0.05) is 31.5 Å². The second-order valence-electron chi connectivity index (χ2n) is 8.55. The van der Waals surface area contributed by atoms with E-state index in [1.165, 1.54) is 6.92 Å². The minimum atomic E-state index is -0.401. The highest BCUT2D eigenvalue weighted by atomic mass is 16.5. The van der Waals surface area contributed by atoms with Gasteiger partial charge in [-0.2, -0.15) is 0 Å². The number of rotatable bonds is 8. The zero-order valence-electron chi connectivity index (χ0n) is 19.9. The van der Waals surface area contributed by atoms with Crippen LogP contribution in [-0.2, 0) is 24.1 Å². The zero-order chi connectivity index (χ0) is 24.2. The van der Waals surface area contributed by atoms with Gasteiger partial charge < -0.3 is 9.15 Å². The Hall–Kier alpha value is -4.19. The van der Waals surface area contributed by atoms with Crippen molar-refractivity contribution in [2.45, 2.75) is 39.5 Å². The third-order valence-corrected chi connectivity index (χ3v) is 5.78. The molecule has 35 heavy (non-hydrogen) atoms. The summed E-state index contributed by atoms with van der Waals surface area (Å²) >= 11 is 0. The van der Waals surface area contributed by atoms with Gasteiger partial charge in [-0.3, -0.25) is 9.20 Å². The molecule has 0 aliphatic heterocycles. The van der Waals surface area contributed by atoms with E-state index >= 15 is 0 Å². The molecule has 0 unspecified atom stereocenters. The third-order valence-electron chi connectivity index (χ3n) is 5.78. The molecule has 0 atom stereocenters. The van der Waals surface area contributed by atoms with Gasteiger partial charge >= 0.3 is 5.97 Å². The van der Waals surface area contributed by atoms with Gasteiger partial charge in [0.2, 0.25) is 5.88 Å². The van der Waals surface area contributed by atoms with Crippen molar-refractivity contribution in [2.24, 2.45) is 0 Å². The first-order valence-corrected chi connectivity index (χ1v) is 11.9. The van der Waals surface area contributed by atoms with E-state index in [-0.39, 0.29) is 0 Å². The molecule has 0 fully saturated rings. The average molecular weight is 466 g/mol. The third kappa shape index (κ3) is 5.01. The van der Waals surface area contributed by atoms with Gasteiger partial charge in [0.15, 0.2) is 5.65 Å². The number of carbonyl (C=O) groups excluding carboxylic acids is 1. The van der Waals surface area contributed by atoms with E-state index in [9.17, 15) is 4.79 Å². The largest absolute Gasteiger partial charge is 0.466 e. The summed E-state index contributed by atoms with van der Waals surface area (Å²) in [7, 11) is 0. The lowest BCUT2D eigenvalue weighted by molar-refractivity contribution is -0.132. The SMILES string of the molecule is CCCc1ccc(Cc2nc3c(Cc4ccccc4)nc(-c4ccccc4)cn3c2OC(C)=O)o1. The Labute approximate surface area is 204 Å². The van der Waals surface area contributed by atoms with Crippen molar-refractivity contribution in [2.75, 3.05) is 0 Å². The molecule has 0 saturated carbocycles. The lowest BCUT2D eigenvalue weighted by Gasteiger charge is -2.10. The minimum Gasteiger partial charge on any atom is -0.466 e. The molecule has 5 rings (SSSR count). The second-order valence-corrected chi connectivity index (χ2v) is 8.55. The molecule has 6 nitrogen and oxygen atoms in total. The van der Waals surface area contributed by atoms with Gasteiger partial charge in [0.25, 0.3) is 0 Å². The maximum Gasteiger partial charge on any atom is 0.309 e. The molecule has 0 aliphatic rings. The number of hydrogen-bond acceptors (Lipinski definition) is 5. The van der Waals surface area contributed by atoms with E-state index < -0.39 is 5.97 Å². The zero-order valence-corrected chi connectivity index (χ0v) is 19.9. The summed E-state index contributed by atoms with van der Waals surface area (Å²) in [6, 6.07) is 24.1. The number of esters is 1. The standard InChI is InChI=1S/C29H27N3O3/c1-3-10-23-15-16-24(35-23)18-26-29(34-20(2)33)32-19-27(22-13-8-5-9-14-22)30-25(28(32)31-26)17-21-11-6-4-7-12-21/h4-9,11-16,19H,3,10,17-18H2,1-2H3. The molecule has 3 aromatic heterocycles. The minimum absolute atomic E-state index is 0.398.